The van der Waals surface area contributed by atoms with Gasteiger partial charge in [0.2, 0.25) is 0 Å². The Morgan fingerprint density at radius 1 is 1.28 bits per heavy atom. The lowest BCUT2D eigenvalue weighted by atomic mass is 10.00. The van der Waals surface area contributed by atoms with Gasteiger partial charge in [-0.25, -0.2) is 0 Å². The second-order valence-electron chi connectivity index (χ2n) is 5.20. The van der Waals surface area contributed by atoms with Gasteiger partial charge in [0, 0.05) is 12.1 Å². The molecule has 3 N–H and O–H groups in total. The van der Waals surface area contributed by atoms with Crippen LogP contribution in [0.2, 0.25) is 0 Å². The minimum absolute atomic E-state index is 0.504. The van der Waals surface area contributed by atoms with Crippen LogP contribution in [0.5, 0.6) is 5.75 Å². The van der Waals surface area contributed by atoms with Crippen molar-refractivity contribution in [1.82, 2.24) is 5.32 Å². The molecule has 0 saturated carbocycles. The molecule has 0 aliphatic carbocycles. The van der Waals surface area contributed by atoms with Gasteiger partial charge in [-0.05, 0) is 36.6 Å². The summed E-state index contributed by atoms with van der Waals surface area (Å²) >= 11 is 0. The van der Waals surface area contributed by atoms with Gasteiger partial charge in [0.25, 0.3) is 0 Å². The molecule has 3 heteroatoms. The summed E-state index contributed by atoms with van der Waals surface area (Å²) in [7, 11) is 1.72. The fraction of sp³-hybridized carbons (Fsp3) is 0.600. The normalized spacial score (nSPS) is 12.8. The van der Waals surface area contributed by atoms with Gasteiger partial charge in [-0.1, -0.05) is 32.9 Å². The molecule has 0 fully saturated rings. The van der Waals surface area contributed by atoms with Crippen molar-refractivity contribution in [2.24, 2.45) is 11.7 Å². The molecular formula is C15H26N2O. The Hall–Kier alpha value is -1.06. The number of nitrogens with two attached hydrogens (primary N) is 1. The van der Waals surface area contributed by atoms with E-state index in [0.717, 1.165) is 25.4 Å². The highest BCUT2D eigenvalue weighted by molar-refractivity contribution is 5.38. The first-order chi connectivity index (χ1) is 8.58. The fourth-order valence-electron chi connectivity index (χ4n) is 1.83. The standard InChI is InChI=1S/C15H26N2O/c1-11(2)13-5-6-15(18-4)14(7-13)10-17-9-12(3)8-16/h5-7,11-12,17H,8-10,16H2,1-4H3. The van der Waals surface area contributed by atoms with Crippen molar-refractivity contribution in [2.75, 3.05) is 20.2 Å². The van der Waals surface area contributed by atoms with Crippen LogP contribution in [0, 0.1) is 5.92 Å². The zero-order chi connectivity index (χ0) is 13.5. The van der Waals surface area contributed by atoms with E-state index in [1.807, 2.05) is 0 Å². The topological polar surface area (TPSA) is 47.3 Å². The third-order valence-corrected chi connectivity index (χ3v) is 3.18. The molecule has 3 nitrogen and oxygen atoms in total. The molecule has 0 bridgehead atoms. The number of methoxy groups -OCH3 is 1. The summed E-state index contributed by atoms with van der Waals surface area (Å²) in [5.74, 6) is 1.99. The molecule has 0 saturated heterocycles. The van der Waals surface area contributed by atoms with Gasteiger partial charge in [0.15, 0.2) is 0 Å². The fourth-order valence-corrected chi connectivity index (χ4v) is 1.83. The minimum Gasteiger partial charge on any atom is -0.496 e. The van der Waals surface area contributed by atoms with Crippen LogP contribution >= 0.6 is 0 Å². The molecule has 0 aliphatic rings. The number of benzene rings is 1. The van der Waals surface area contributed by atoms with Crippen molar-refractivity contribution in [3.63, 3.8) is 0 Å². The third kappa shape index (κ3) is 4.31. The van der Waals surface area contributed by atoms with Gasteiger partial charge < -0.3 is 15.8 Å². The Bertz CT molecular complexity index is 364. The van der Waals surface area contributed by atoms with Gasteiger partial charge in [-0.3, -0.25) is 0 Å². The lowest BCUT2D eigenvalue weighted by molar-refractivity contribution is 0.406. The first-order valence-electron chi connectivity index (χ1n) is 6.66. The van der Waals surface area contributed by atoms with Gasteiger partial charge in [0.05, 0.1) is 7.11 Å². The van der Waals surface area contributed by atoms with Crippen LogP contribution in [0.3, 0.4) is 0 Å². The molecule has 0 radical (unpaired) electrons. The number of nitrogens with one attached hydrogen (secondary N) is 1. The first-order valence-corrected chi connectivity index (χ1v) is 6.66. The molecule has 1 atom stereocenters. The molecule has 1 unspecified atom stereocenters. The third-order valence-electron chi connectivity index (χ3n) is 3.18. The molecule has 1 aromatic rings. The average molecular weight is 250 g/mol. The van der Waals surface area contributed by atoms with Crippen LogP contribution in [0.15, 0.2) is 18.2 Å². The lowest BCUT2D eigenvalue weighted by Crippen LogP contribution is -2.26. The van der Waals surface area contributed by atoms with Gasteiger partial charge in [-0.2, -0.15) is 0 Å². The smallest absolute Gasteiger partial charge is 0.123 e. The van der Waals surface area contributed by atoms with Crippen molar-refractivity contribution >= 4 is 0 Å². The van der Waals surface area contributed by atoms with E-state index in [2.05, 4.69) is 44.3 Å². The second-order valence-corrected chi connectivity index (χ2v) is 5.20. The van der Waals surface area contributed by atoms with Crippen LogP contribution in [0.25, 0.3) is 0 Å². The van der Waals surface area contributed by atoms with E-state index in [4.69, 9.17) is 10.5 Å². The minimum atomic E-state index is 0.504. The van der Waals surface area contributed by atoms with Gasteiger partial charge in [-0.15, -0.1) is 0 Å². The van der Waals surface area contributed by atoms with Crippen LogP contribution in [0.1, 0.15) is 37.8 Å². The monoisotopic (exact) mass is 250 g/mol. The van der Waals surface area contributed by atoms with E-state index in [-0.39, 0.29) is 0 Å². The van der Waals surface area contributed by atoms with Gasteiger partial charge in [0.1, 0.15) is 5.75 Å². The van der Waals surface area contributed by atoms with Gasteiger partial charge >= 0.3 is 0 Å². The Balaban J connectivity index is 2.69. The molecular weight excluding hydrogens is 224 g/mol. The first kappa shape index (κ1) is 15.0. The predicted molar refractivity (Wildman–Crippen MR) is 77.0 cm³/mol. The molecule has 0 spiro atoms. The van der Waals surface area contributed by atoms with Crippen LogP contribution < -0.4 is 15.8 Å². The zero-order valence-corrected chi connectivity index (χ0v) is 12.0. The van der Waals surface area contributed by atoms with Crippen LogP contribution in [-0.2, 0) is 6.54 Å². The molecule has 0 aromatic heterocycles. The van der Waals surface area contributed by atoms with E-state index in [1.54, 1.807) is 7.11 Å². The van der Waals surface area contributed by atoms with E-state index in [1.165, 1.54) is 11.1 Å². The van der Waals surface area contributed by atoms with Crippen molar-refractivity contribution < 1.29 is 4.74 Å². The number of rotatable bonds is 7. The predicted octanol–water partition coefficient (Wildman–Crippen LogP) is 2.50. The molecule has 0 heterocycles. The van der Waals surface area contributed by atoms with Crippen molar-refractivity contribution in [2.45, 2.75) is 33.2 Å². The molecule has 1 aromatic carbocycles. The summed E-state index contributed by atoms with van der Waals surface area (Å²) < 4.78 is 5.40. The Morgan fingerprint density at radius 3 is 2.56 bits per heavy atom. The van der Waals surface area contributed by atoms with E-state index in [9.17, 15) is 0 Å². The van der Waals surface area contributed by atoms with Crippen molar-refractivity contribution in [3.8, 4) is 5.75 Å². The van der Waals surface area contributed by atoms with Crippen LogP contribution in [0.4, 0.5) is 0 Å². The number of hydrogen-bond donors (Lipinski definition) is 2. The highest BCUT2D eigenvalue weighted by atomic mass is 16.5. The Morgan fingerprint density at radius 2 is 2.00 bits per heavy atom. The Kier molecular flexibility index (Phi) is 6.16. The lowest BCUT2D eigenvalue weighted by Gasteiger charge is -2.15. The maximum Gasteiger partial charge on any atom is 0.123 e. The largest absolute Gasteiger partial charge is 0.496 e. The highest BCUT2D eigenvalue weighted by Gasteiger charge is 2.07. The van der Waals surface area contributed by atoms with E-state index < -0.39 is 0 Å². The average Bonchev–Trinajstić information content (AvgIpc) is 2.38. The van der Waals surface area contributed by atoms with E-state index >= 15 is 0 Å². The van der Waals surface area contributed by atoms with Crippen molar-refractivity contribution in [1.29, 1.82) is 0 Å². The number of hydrogen-bond acceptors (Lipinski definition) is 3. The second kappa shape index (κ2) is 7.39. The summed E-state index contributed by atoms with van der Waals surface area (Å²) in [6.45, 7) is 9.04. The molecule has 0 aliphatic heterocycles. The summed E-state index contributed by atoms with van der Waals surface area (Å²) in [4.78, 5) is 0. The molecule has 1 rings (SSSR count). The quantitative estimate of drug-likeness (QED) is 0.781. The summed E-state index contributed by atoms with van der Waals surface area (Å²) in [5, 5.41) is 3.43. The SMILES string of the molecule is COc1ccc(C(C)C)cc1CNCC(C)CN. The zero-order valence-electron chi connectivity index (χ0n) is 12.0. The highest BCUT2D eigenvalue weighted by Crippen LogP contribution is 2.24. The maximum atomic E-state index is 5.61. The van der Waals surface area contributed by atoms with Crippen LogP contribution in [-0.4, -0.2) is 20.2 Å². The molecule has 18 heavy (non-hydrogen) atoms. The molecule has 0 amide bonds. The summed E-state index contributed by atoms with van der Waals surface area (Å²) in [6, 6.07) is 6.41. The Labute approximate surface area is 111 Å². The summed E-state index contributed by atoms with van der Waals surface area (Å²) in [5.41, 5.74) is 8.17. The maximum absolute atomic E-state index is 5.61. The summed E-state index contributed by atoms with van der Waals surface area (Å²) in [6.07, 6.45) is 0. The van der Waals surface area contributed by atoms with E-state index in [0.29, 0.717) is 11.8 Å². The number of ether oxygens (including phenoxy) is 1. The molecule has 102 valence electrons. The van der Waals surface area contributed by atoms with Crippen molar-refractivity contribution in [3.05, 3.63) is 29.3 Å².